The molecule has 0 aromatic carbocycles. The standard InChI is InChI=1S/C9H9BrN6O/c1-16-7(2-3-13-16)14-9(17)15-8-11-4-6(10)5-12-8/h2-5H,1H3,(H2,11,12,14,15,17). The summed E-state index contributed by atoms with van der Waals surface area (Å²) in [5, 5.41) is 9.04. The van der Waals surface area contributed by atoms with E-state index in [9.17, 15) is 4.79 Å². The summed E-state index contributed by atoms with van der Waals surface area (Å²) in [7, 11) is 1.73. The third-order valence-corrected chi connectivity index (χ3v) is 2.32. The van der Waals surface area contributed by atoms with E-state index in [0.717, 1.165) is 4.47 Å². The molecule has 0 fully saturated rings. The van der Waals surface area contributed by atoms with Crippen LogP contribution in [0, 0.1) is 0 Å². The molecule has 0 spiro atoms. The second kappa shape index (κ2) is 4.91. The fourth-order valence-electron chi connectivity index (χ4n) is 1.12. The largest absolute Gasteiger partial charge is 0.327 e. The van der Waals surface area contributed by atoms with Crippen molar-refractivity contribution >= 4 is 33.7 Å². The summed E-state index contributed by atoms with van der Waals surface area (Å²) in [6.07, 6.45) is 4.69. The van der Waals surface area contributed by atoms with Crippen molar-refractivity contribution in [2.24, 2.45) is 7.05 Å². The number of nitrogens with one attached hydrogen (secondary N) is 2. The number of urea groups is 1. The molecular formula is C9H9BrN6O. The van der Waals surface area contributed by atoms with Crippen molar-refractivity contribution in [3.8, 4) is 0 Å². The molecule has 2 aromatic rings. The van der Waals surface area contributed by atoms with Gasteiger partial charge in [-0.2, -0.15) is 5.10 Å². The summed E-state index contributed by atoms with van der Waals surface area (Å²) in [4.78, 5) is 19.4. The van der Waals surface area contributed by atoms with Crippen molar-refractivity contribution < 1.29 is 4.79 Å². The van der Waals surface area contributed by atoms with Gasteiger partial charge in [-0.15, -0.1) is 0 Å². The van der Waals surface area contributed by atoms with E-state index in [1.165, 1.54) is 0 Å². The molecule has 88 valence electrons. The maximum Gasteiger partial charge on any atom is 0.327 e. The fourth-order valence-corrected chi connectivity index (χ4v) is 1.33. The molecule has 2 heterocycles. The number of carbonyl (C=O) groups excluding carboxylic acids is 1. The van der Waals surface area contributed by atoms with Crippen LogP contribution in [0.15, 0.2) is 29.1 Å². The lowest BCUT2D eigenvalue weighted by molar-refractivity contribution is 0.262. The smallest absolute Gasteiger partial charge is 0.292 e. The minimum atomic E-state index is -0.420. The molecule has 2 rings (SSSR count). The minimum Gasteiger partial charge on any atom is -0.292 e. The molecule has 0 aliphatic heterocycles. The second-order valence-corrected chi connectivity index (χ2v) is 4.06. The molecule has 2 N–H and O–H groups in total. The molecule has 0 saturated heterocycles. The quantitative estimate of drug-likeness (QED) is 0.882. The van der Waals surface area contributed by atoms with Crippen molar-refractivity contribution in [3.63, 3.8) is 0 Å². The first-order valence-corrected chi connectivity index (χ1v) is 5.48. The molecular weight excluding hydrogens is 288 g/mol. The first kappa shape index (κ1) is 11.5. The molecule has 0 radical (unpaired) electrons. The number of amides is 2. The van der Waals surface area contributed by atoms with Crippen molar-refractivity contribution in [2.75, 3.05) is 10.6 Å². The van der Waals surface area contributed by atoms with Crippen LogP contribution in [-0.4, -0.2) is 25.8 Å². The number of halogens is 1. The second-order valence-electron chi connectivity index (χ2n) is 3.14. The van der Waals surface area contributed by atoms with Gasteiger partial charge in [-0.3, -0.25) is 15.3 Å². The number of hydrogen-bond acceptors (Lipinski definition) is 4. The molecule has 0 atom stereocenters. The van der Waals surface area contributed by atoms with Gasteiger partial charge < -0.3 is 0 Å². The maximum atomic E-state index is 11.6. The monoisotopic (exact) mass is 296 g/mol. The van der Waals surface area contributed by atoms with Crippen LogP contribution in [-0.2, 0) is 7.05 Å². The van der Waals surface area contributed by atoms with Crippen LogP contribution in [0.25, 0.3) is 0 Å². The van der Waals surface area contributed by atoms with Gasteiger partial charge >= 0.3 is 6.03 Å². The predicted molar refractivity (Wildman–Crippen MR) is 65.6 cm³/mol. The van der Waals surface area contributed by atoms with Crippen molar-refractivity contribution in [2.45, 2.75) is 0 Å². The van der Waals surface area contributed by atoms with Crippen LogP contribution in [0.5, 0.6) is 0 Å². The zero-order valence-corrected chi connectivity index (χ0v) is 10.5. The molecule has 0 aliphatic rings. The Morgan fingerprint density at radius 3 is 2.65 bits per heavy atom. The number of nitrogens with zero attached hydrogens (tertiary/aromatic N) is 4. The lowest BCUT2D eigenvalue weighted by atomic mass is 10.6. The van der Waals surface area contributed by atoms with E-state index in [-0.39, 0.29) is 5.95 Å². The van der Waals surface area contributed by atoms with E-state index in [0.29, 0.717) is 5.82 Å². The minimum absolute atomic E-state index is 0.230. The van der Waals surface area contributed by atoms with Crippen LogP contribution >= 0.6 is 15.9 Å². The number of carbonyl (C=O) groups is 1. The summed E-state index contributed by atoms with van der Waals surface area (Å²) in [5.41, 5.74) is 0. The van der Waals surface area contributed by atoms with Gasteiger partial charge in [-0.25, -0.2) is 14.8 Å². The Balaban J connectivity index is 1.98. The summed E-state index contributed by atoms with van der Waals surface area (Å²) >= 11 is 3.20. The van der Waals surface area contributed by atoms with Crippen LogP contribution in [0.2, 0.25) is 0 Å². The normalized spacial score (nSPS) is 10.0. The predicted octanol–water partition coefficient (Wildman–Crippen LogP) is 1.62. The topological polar surface area (TPSA) is 84.7 Å². The number of aryl methyl sites for hydroxylation is 1. The van der Waals surface area contributed by atoms with Gasteiger partial charge in [-0.1, -0.05) is 0 Å². The van der Waals surface area contributed by atoms with Gasteiger partial charge in [0.05, 0.1) is 10.7 Å². The Hall–Kier alpha value is -1.96. The number of hydrogen-bond donors (Lipinski definition) is 2. The van der Waals surface area contributed by atoms with Gasteiger partial charge in [0.1, 0.15) is 5.82 Å². The lowest BCUT2D eigenvalue weighted by Gasteiger charge is -2.05. The van der Waals surface area contributed by atoms with Gasteiger partial charge in [0, 0.05) is 25.5 Å². The highest BCUT2D eigenvalue weighted by Gasteiger charge is 2.06. The SMILES string of the molecule is Cn1nccc1NC(=O)Nc1ncc(Br)cn1. The molecule has 2 aromatic heterocycles. The van der Waals surface area contributed by atoms with E-state index < -0.39 is 6.03 Å². The number of rotatable bonds is 2. The maximum absolute atomic E-state index is 11.6. The molecule has 8 heteroatoms. The van der Waals surface area contributed by atoms with Crippen molar-refractivity contribution in [1.82, 2.24) is 19.7 Å². The molecule has 7 nitrogen and oxygen atoms in total. The number of aromatic nitrogens is 4. The average Bonchev–Trinajstić information content (AvgIpc) is 2.68. The molecule has 17 heavy (non-hydrogen) atoms. The summed E-state index contributed by atoms with van der Waals surface area (Å²) < 4.78 is 2.29. The first-order chi connectivity index (χ1) is 8.15. The molecule has 0 aliphatic carbocycles. The van der Waals surface area contributed by atoms with E-state index in [2.05, 4.69) is 41.6 Å². The van der Waals surface area contributed by atoms with Crippen LogP contribution in [0.4, 0.5) is 16.6 Å². The van der Waals surface area contributed by atoms with Gasteiger partial charge in [0.2, 0.25) is 5.95 Å². The van der Waals surface area contributed by atoms with Crippen LogP contribution < -0.4 is 10.6 Å². The highest BCUT2D eigenvalue weighted by atomic mass is 79.9. The molecule has 0 bridgehead atoms. The fraction of sp³-hybridized carbons (Fsp3) is 0.111. The Morgan fingerprint density at radius 1 is 1.35 bits per heavy atom. The van der Waals surface area contributed by atoms with Gasteiger partial charge in [0.15, 0.2) is 0 Å². The Kier molecular flexibility index (Phi) is 3.33. The van der Waals surface area contributed by atoms with Crippen LogP contribution in [0.3, 0.4) is 0 Å². The van der Waals surface area contributed by atoms with Crippen molar-refractivity contribution in [1.29, 1.82) is 0 Å². The summed E-state index contributed by atoms with van der Waals surface area (Å²) in [6.45, 7) is 0. The summed E-state index contributed by atoms with van der Waals surface area (Å²) in [5.74, 6) is 0.812. The third-order valence-electron chi connectivity index (χ3n) is 1.91. The van der Waals surface area contributed by atoms with E-state index >= 15 is 0 Å². The molecule has 2 amide bonds. The van der Waals surface area contributed by atoms with Gasteiger partial charge in [-0.05, 0) is 15.9 Å². The molecule has 0 unspecified atom stereocenters. The van der Waals surface area contributed by atoms with Crippen LogP contribution in [0.1, 0.15) is 0 Å². The zero-order valence-electron chi connectivity index (χ0n) is 8.88. The van der Waals surface area contributed by atoms with E-state index in [4.69, 9.17) is 0 Å². The number of anilines is 2. The summed E-state index contributed by atoms with van der Waals surface area (Å²) in [6, 6.07) is 1.26. The van der Waals surface area contributed by atoms with E-state index in [1.54, 1.807) is 36.4 Å². The Morgan fingerprint density at radius 2 is 2.06 bits per heavy atom. The van der Waals surface area contributed by atoms with E-state index in [1.807, 2.05) is 0 Å². The Bertz CT molecular complexity index is 523. The highest BCUT2D eigenvalue weighted by Crippen LogP contribution is 2.08. The first-order valence-electron chi connectivity index (χ1n) is 4.69. The zero-order chi connectivity index (χ0) is 12.3. The Labute approximate surface area is 105 Å². The average molecular weight is 297 g/mol. The van der Waals surface area contributed by atoms with Crippen molar-refractivity contribution in [3.05, 3.63) is 29.1 Å². The highest BCUT2D eigenvalue weighted by molar-refractivity contribution is 9.10. The lowest BCUT2D eigenvalue weighted by Crippen LogP contribution is -2.22. The van der Waals surface area contributed by atoms with Gasteiger partial charge in [0.25, 0.3) is 0 Å². The third kappa shape index (κ3) is 3.00. The molecule has 0 saturated carbocycles.